The topological polar surface area (TPSA) is 110 Å². The summed E-state index contributed by atoms with van der Waals surface area (Å²) in [5, 5.41) is 2.86. The van der Waals surface area contributed by atoms with Crippen molar-refractivity contribution in [2.45, 2.75) is 30.4 Å². The summed E-state index contributed by atoms with van der Waals surface area (Å²) in [6.07, 6.45) is 3.40. The summed E-state index contributed by atoms with van der Waals surface area (Å²) in [7, 11) is -3.72. The number of anilines is 1. The highest BCUT2D eigenvalue weighted by molar-refractivity contribution is 7.89. The van der Waals surface area contributed by atoms with E-state index >= 15 is 0 Å². The van der Waals surface area contributed by atoms with E-state index < -0.39 is 10.0 Å². The third-order valence-corrected chi connectivity index (χ3v) is 6.95. The minimum Gasteiger partial charge on any atom is -0.378 e. The Balaban J connectivity index is 1.36. The number of amides is 1. The van der Waals surface area contributed by atoms with Crippen LogP contribution in [0.25, 0.3) is 0 Å². The molecule has 0 aliphatic carbocycles. The molecule has 1 aromatic heterocycles. The third kappa shape index (κ3) is 5.83. The lowest BCUT2D eigenvalue weighted by Crippen LogP contribution is -2.36. The van der Waals surface area contributed by atoms with E-state index in [9.17, 15) is 13.2 Å². The molecule has 2 fully saturated rings. The van der Waals surface area contributed by atoms with Crippen LogP contribution in [0.1, 0.15) is 28.8 Å². The summed E-state index contributed by atoms with van der Waals surface area (Å²) in [4.78, 5) is 19.3. The molecule has 2 aliphatic heterocycles. The predicted molar refractivity (Wildman–Crippen MR) is 119 cm³/mol. The smallest absolute Gasteiger partial charge is 0.251 e. The van der Waals surface area contributed by atoms with Gasteiger partial charge in [0.05, 0.1) is 24.2 Å². The van der Waals surface area contributed by atoms with Gasteiger partial charge in [-0.2, -0.15) is 0 Å². The van der Waals surface area contributed by atoms with Crippen LogP contribution in [0.15, 0.2) is 47.5 Å². The Morgan fingerprint density at radius 2 is 2.00 bits per heavy atom. The van der Waals surface area contributed by atoms with Gasteiger partial charge in [-0.25, -0.2) is 18.1 Å². The van der Waals surface area contributed by atoms with Crippen LogP contribution < -0.4 is 14.9 Å². The van der Waals surface area contributed by atoms with Crippen molar-refractivity contribution in [3.63, 3.8) is 0 Å². The van der Waals surface area contributed by atoms with Crippen molar-refractivity contribution in [2.75, 3.05) is 44.4 Å². The third-order valence-electron chi connectivity index (χ3n) is 5.53. The maximum absolute atomic E-state index is 12.7. The monoisotopic (exact) mass is 460 g/mol. The van der Waals surface area contributed by atoms with Gasteiger partial charge < -0.3 is 19.7 Å². The maximum atomic E-state index is 12.7. The first-order valence-corrected chi connectivity index (χ1v) is 12.3. The normalized spacial score (nSPS) is 19.1. The highest BCUT2D eigenvalue weighted by Gasteiger charge is 2.21. The van der Waals surface area contributed by atoms with Crippen molar-refractivity contribution in [3.05, 3.63) is 53.7 Å². The molecule has 2 aromatic rings. The maximum Gasteiger partial charge on any atom is 0.251 e. The van der Waals surface area contributed by atoms with Crippen LogP contribution in [0.5, 0.6) is 0 Å². The van der Waals surface area contributed by atoms with Crippen LogP contribution >= 0.6 is 0 Å². The molecule has 1 amide bonds. The van der Waals surface area contributed by atoms with E-state index in [0.717, 1.165) is 37.3 Å². The number of rotatable bonds is 8. The van der Waals surface area contributed by atoms with Gasteiger partial charge in [0.25, 0.3) is 5.91 Å². The highest BCUT2D eigenvalue weighted by Crippen LogP contribution is 2.16. The number of ether oxygens (including phenoxy) is 2. The molecule has 2 aliphatic rings. The van der Waals surface area contributed by atoms with Crippen LogP contribution in [0.3, 0.4) is 0 Å². The molecule has 1 aromatic carbocycles. The van der Waals surface area contributed by atoms with E-state index in [0.29, 0.717) is 26.4 Å². The SMILES string of the molecule is O=C(NCc1ccnc(N2CCOCC2)c1)c1cccc(S(=O)(=O)NCC2CCCO2)c1. The zero-order valence-electron chi connectivity index (χ0n) is 17.8. The van der Waals surface area contributed by atoms with Gasteiger partial charge >= 0.3 is 0 Å². The van der Waals surface area contributed by atoms with Gasteiger partial charge in [0.1, 0.15) is 5.82 Å². The molecule has 32 heavy (non-hydrogen) atoms. The van der Waals surface area contributed by atoms with E-state index in [1.165, 1.54) is 12.1 Å². The molecule has 9 nitrogen and oxygen atoms in total. The Labute approximate surface area is 188 Å². The van der Waals surface area contributed by atoms with Gasteiger partial charge in [0.2, 0.25) is 10.0 Å². The van der Waals surface area contributed by atoms with E-state index in [1.54, 1.807) is 18.3 Å². The van der Waals surface area contributed by atoms with Crippen molar-refractivity contribution in [1.82, 2.24) is 15.0 Å². The van der Waals surface area contributed by atoms with Crippen LogP contribution in [-0.2, 0) is 26.0 Å². The molecule has 3 heterocycles. The Hall–Kier alpha value is -2.53. The van der Waals surface area contributed by atoms with Crippen molar-refractivity contribution in [1.29, 1.82) is 0 Å². The van der Waals surface area contributed by atoms with E-state index in [2.05, 4.69) is 19.9 Å². The number of hydrogen-bond acceptors (Lipinski definition) is 7. The summed E-state index contributed by atoms with van der Waals surface area (Å²) < 4.78 is 38.6. The molecule has 0 radical (unpaired) electrons. The number of aromatic nitrogens is 1. The number of nitrogens with one attached hydrogen (secondary N) is 2. The fourth-order valence-electron chi connectivity index (χ4n) is 3.72. The number of benzene rings is 1. The molecule has 2 saturated heterocycles. The molecule has 1 unspecified atom stereocenters. The van der Waals surface area contributed by atoms with Gasteiger partial charge in [0, 0.05) is 44.5 Å². The molecule has 0 spiro atoms. The standard InChI is InChI=1S/C22H28N4O5S/c27-22(24-15-17-6-7-23-21(13-17)26-8-11-30-12-9-26)18-3-1-5-20(14-18)32(28,29)25-16-19-4-2-10-31-19/h1,3,5-7,13-14,19,25H,2,4,8-12,15-16H2,(H,24,27). The van der Waals surface area contributed by atoms with Crippen LogP contribution in [0.4, 0.5) is 5.82 Å². The molecular weight excluding hydrogens is 432 g/mol. The lowest BCUT2D eigenvalue weighted by Gasteiger charge is -2.28. The van der Waals surface area contributed by atoms with Crippen LogP contribution in [0.2, 0.25) is 0 Å². The first kappa shape index (κ1) is 22.7. The molecule has 0 bridgehead atoms. The van der Waals surface area contributed by atoms with Crippen molar-refractivity contribution >= 4 is 21.7 Å². The molecule has 0 saturated carbocycles. The van der Waals surface area contributed by atoms with E-state index in [-0.39, 0.29) is 29.0 Å². The van der Waals surface area contributed by atoms with Crippen LogP contribution in [0, 0.1) is 0 Å². The summed E-state index contributed by atoms with van der Waals surface area (Å²) >= 11 is 0. The number of morpholine rings is 1. The lowest BCUT2D eigenvalue weighted by molar-refractivity contribution is 0.0950. The minimum atomic E-state index is -3.72. The summed E-state index contributed by atoms with van der Waals surface area (Å²) in [6.45, 7) is 4.11. The first-order valence-electron chi connectivity index (χ1n) is 10.8. The second-order valence-electron chi connectivity index (χ2n) is 7.82. The summed E-state index contributed by atoms with van der Waals surface area (Å²) in [5.74, 6) is 0.511. The molecule has 172 valence electrons. The van der Waals surface area contributed by atoms with Crippen LogP contribution in [-0.4, -0.2) is 64.9 Å². The molecule has 2 N–H and O–H groups in total. The highest BCUT2D eigenvalue weighted by atomic mass is 32.2. The van der Waals surface area contributed by atoms with E-state index in [1.807, 2.05) is 12.1 Å². The average molecular weight is 461 g/mol. The Bertz CT molecular complexity index is 1030. The average Bonchev–Trinajstić information content (AvgIpc) is 3.36. The zero-order valence-corrected chi connectivity index (χ0v) is 18.6. The Kier molecular flexibility index (Phi) is 7.36. The van der Waals surface area contributed by atoms with Gasteiger partial charge in [-0.15, -0.1) is 0 Å². The largest absolute Gasteiger partial charge is 0.378 e. The number of hydrogen-bond donors (Lipinski definition) is 2. The fraction of sp³-hybridized carbons (Fsp3) is 0.455. The molecule has 10 heteroatoms. The lowest BCUT2D eigenvalue weighted by atomic mass is 10.2. The van der Waals surface area contributed by atoms with E-state index in [4.69, 9.17) is 9.47 Å². The van der Waals surface area contributed by atoms with Gasteiger partial charge in [0.15, 0.2) is 0 Å². The van der Waals surface area contributed by atoms with Gasteiger partial charge in [-0.3, -0.25) is 4.79 Å². The minimum absolute atomic E-state index is 0.0571. The van der Waals surface area contributed by atoms with Crippen molar-refractivity contribution in [2.24, 2.45) is 0 Å². The summed E-state index contributed by atoms with van der Waals surface area (Å²) in [6, 6.07) is 9.82. The zero-order chi connectivity index (χ0) is 22.4. The number of pyridine rings is 1. The van der Waals surface area contributed by atoms with Crippen molar-refractivity contribution < 1.29 is 22.7 Å². The second kappa shape index (κ2) is 10.4. The van der Waals surface area contributed by atoms with Crippen molar-refractivity contribution in [3.8, 4) is 0 Å². The fourth-order valence-corrected chi connectivity index (χ4v) is 4.83. The molecule has 1 atom stereocenters. The predicted octanol–water partition coefficient (Wildman–Crippen LogP) is 1.31. The second-order valence-corrected chi connectivity index (χ2v) is 9.59. The van der Waals surface area contributed by atoms with Gasteiger partial charge in [-0.1, -0.05) is 6.07 Å². The van der Waals surface area contributed by atoms with Gasteiger partial charge in [-0.05, 0) is 48.7 Å². The quantitative estimate of drug-likeness (QED) is 0.611. The first-order chi connectivity index (χ1) is 15.5. The Morgan fingerprint density at radius 1 is 1.16 bits per heavy atom. The summed E-state index contributed by atoms with van der Waals surface area (Å²) in [5.41, 5.74) is 1.20. The molecular formula is C22H28N4O5S. The number of nitrogens with zero attached hydrogens (tertiary/aromatic N) is 2. The number of carbonyl (C=O) groups excluding carboxylic acids is 1. The molecule has 4 rings (SSSR count). The number of carbonyl (C=O) groups is 1. The number of sulfonamides is 1. The Morgan fingerprint density at radius 3 is 2.78 bits per heavy atom.